The van der Waals surface area contributed by atoms with Gasteiger partial charge in [-0.1, -0.05) is 0 Å². The first-order valence-electron chi connectivity index (χ1n) is 8.24. The van der Waals surface area contributed by atoms with E-state index < -0.39 is 0 Å². The molecule has 3 aromatic rings. The molecule has 1 aliphatic heterocycles. The number of aromatic nitrogens is 3. The highest BCUT2D eigenvalue weighted by Gasteiger charge is 2.18. The molecule has 0 saturated carbocycles. The lowest BCUT2D eigenvalue weighted by molar-refractivity contribution is 0.241. The Balaban J connectivity index is 1.57. The summed E-state index contributed by atoms with van der Waals surface area (Å²) in [7, 11) is 1.59. The van der Waals surface area contributed by atoms with Gasteiger partial charge in [-0.3, -0.25) is 9.88 Å². The smallest absolute Gasteiger partial charge is 0.126 e. The zero-order chi connectivity index (χ0) is 17.2. The molecule has 0 spiro atoms. The maximum atomic E-state index is 13.7. The highest BCUT2D eigenvalue weighted by molar-refractivity contribution is 5.70. The molecule has 1 aromatic carbocycles. The first-order valence-corrected chi connectivity index (χ1v) is 8.24. The second-order valence-corrected chi connectivity index (χ2v) is 6.21. The fraction of sp³-hybridized carbons (Fsp3) is 0.263. The predicted molar refractivity (Wildman–Crippen MR) is 92.6 cm³/mol. The highest BCUT2D eigenvalue weighted by atomic mass is 19.1. The minimum Gasteiger partial charge on any atom is -0.496 e. The number of nitrogens with one attached hydrogen (secondary N) is 1. The summed E-state index contributed by atoms with van der Waals surface area (Å²) < 4.78 is 19.0. The highest BCUT2D eigenvalue weighted by Crippen LogP contribution is 2.31. The number of ether oxygens (including phenoxy) is 1. The Morgan fingerprint density at radius 2 is 2.20 bits per heavy atom. The van der Waals surface area contributed by atoms with Gasteiger partial charge in [-0.2, -0.15) is 0 Å². The van der Waals surface area contributed by atoms with Crippen LogP contribution in [0.3, 0.4) is 0 Å². The minimum atomic E-state index is -0.288. The molecule has 0 fully saturated rings. The summed E-state index contributed by atoms with van der Waals surface area (Å²) in [6.07, 6.45) is 6.30. The van der Waals surface area contributed by atoms with Gasteiger partial charge in [0, 0.05) is 49.6 Å². The van der Waals surface area contributed by atoms with E-state index >= 15 is 0 Å². The Kier molecular flexibility index (Phi) is 4.19. The summed E-state index contributed by atoms with van der Waals surface area (Å²) in [4.78, 5) is 14.2. The van der Waals surface area contributed by atoms with Crippen molar-refractivity contribution >= 4 is 0 Å². The topological polar surface area (TPSA) is 54.0 Å². The SMILES string of the molecule is COc1ccc(F)cc1-c1cncc(CN2CCc3nc[nH]c3C2)c1. The maximum absolute atomic E-state index is 13.7. The number of H-pyrrole nitrogens is 1. The van der Waals surface area contributed by atoms with E-state index in [0.717, 1.165) is 42.9 Å². The number of halogens is 1. The van der Waals surface area contributed by atoms with Crippen molar-refractivity contribution in [1.29, 1.82) is 0 Å². The molecule has 0 aliphatic carbocycles. The van der Waals surface area contributed by atoms with Gasteiger partial charge in [-0.05, 0) is 29.8 Å². The monoisotopic (exact) mass is 338 g/mol. The molecule has 0 radical (unpaired) electrons. The molecular formula is C19H19FN4O. The Morgan fingerprint density at radius 1 is 1.28 bits per heavy atom. The number of hydrogen-bond acceptors (Lipinski definition) is 4. The number of pyridine rings is 1. The van der Waals surface area contributed by atoms with Gasteiger partial charge in [0.15, 0.2) is 0 Å². The van der Waals surface area contributed by atoms with Gasteiger partial charge >= 0.3 is 0 Å². The van der Waals surface area contributed by atoms with Crippen molar-refractivity contribution in [3.8, 4) is 16.9 Å². The molecule has 0 atom stereocenters. The van der Waals surface area contributed by atoms with Crippen molar-refractivity contribution in [2.75, 3.05) is 13.7 Å². The second-order valence-electron chi connectivity index (χ2n) is 6.21. The Morgan fingerprint density at radius 3 is 3.08 bits per heavy atom. The van der Waals surface area contributed by atoms with Crippen LogP contribution in [-0.4, -0.2) is 33.5 Å². The molecule has 0 saturated heterocycles. The number of imidazole rings is 1. The zero-order valence-electron chi connectivity index (χ0n) is 14.0. The van der Waals surface area contributed by atoms with Gasteiger partial charge in [0.1, 0.15) is 11.6 Å². The van der Waals surface area contributed by atoms with Crippen LogP contribution in [0.2, 0.25) is 0 Å². The Labute approximate surface area is 145 Å². The van der Waals surface area contributed by atoms with Crippen LogP contribution in [0.15, 0.2) is 43.0 Å². The number of rotatable bonds is 4. The van der Waals surface area contributed by atoms with Gasteiger partial charge in [-0.15, -0.1) is 0 Å². The van der Waals surface area contributed by atoms with Crippen molar-refractivity contribution < 1.29 is 9.13 Å². The van der Waals surface area contributed by atoms with Crippen LogP contribution in [0.5, 0.6) is 5.75 Å². The summed E-state index contributed by atoms with van der Waals surface area (Å²) >= 11 is 0. The lowest BCUT2D eigenvalue weighted by Crippen LogP contribution is -2.30. The average molecular weight is 338 g/mol. The first kappa shape index (κ1) is 15.8. The molecule has 128 valence electrons. The largest absolute Gasteiger partial charge is 0.496 e. The number of fused-ring (bicyclic) bond motifs is 1. The molecule has 0 unspecified atom stereocenters. The van der Waals surface area contributed by atoms with E-state index in [1.54, 1.807) is 25.7 Å². The van der Waals surface area contributed by atoms with E-state index in [9.17, 15) is 4.39 Å². The van der Waals surface area contributed by atoms with Crippen molar-refractivity contribution in [2.24, 2.45) is 0 Å². The summed E-state index contributed by atoms with van der Waals surface area (Å²) in [5.41, 5.74) is 5.00. The van der Waals surface area contributed by atoms with E-state index in [1.165, 1.54) is 17.8 Å². The summed E-state index contributed by atoms with van der Waals surface area (Å²) in [6.45, 7) is 2.60. The summed E-state index contributed by atoms with van der Waals surface area (Å²) in [5.74, 6) is 0.351. The molecule has 0 amide bonds. The van der Waals surface area contributed by atoms with Gasteiger partial charge in [0.25, 0.3) is 0 Å². The third-order valence-corrected chi connectivity index (χ3v) is 4.53. The Bertz CT molecular complexity index is 893. The van der Waals surface area contributed by atoms with E-state index in [4.69, 9.17) is 4.74 Å². The molecule has 4 rings (SSSR count). The molecule has 6 heteroatoms. The first-order chi connectivity index (χ1) is 12.2. The molecule has 0 bridgehead atoms. The lowest BCUT2D eigenvalue weighted by Gasteiger charge is -2.26. The van der Waals surface area contributed by atoms with Crippen LogP contribution in [0.25, 0.3) is 11.1 Å². The Hall–Kier alpha value is -2.73. The maximum Gasteiger partial charge on any atom is 0.126 e. The van der Waals surface area contributed by atoms with E-state index in [2.05, 4.69) is 19.9 Å². The predicted octanol–water partition coefficient (Wildman–Crippen LogP) is 3.18. The van der Waals surface area contributed by atoms with Crippen LogP contribution < -0.4 is 4.74 Å². The van der Waals surface area contributed by atoms with E-state index in [1.807, 2.05) is 12.3 Å². The quantitative estimate of drug-likeness (QED) is 0.794. The fourth-order valence-electron chi connectivity index (χ4n) is 3.29. The normalized spacial score (nSPS) is 14.3. The average Bonchev–Trinajstić information content (AvgIpc) is 3.10. The van der Waals surface area contributed by atoms with Crippen molar-refractivity contribution in [3.05, 3.63) is 65.8 Å². The van der Waals surface area contributed by atoms with Crippen LogP contribution in [0.1, 0.15) is 17.0 Å². The number of hydrogen-bond donors (Lipinski definition) is 1. The van der Waals surface area contributed by atoms with Gasteiger partial charge in [0.2, 0.25) is 0 Å². The third kappa shape index (κ3) is 3.25. The van der Waals surface area contributed by atoms with Crippen molar-refractivity contribution in [1.82, 2.24) is 19.9 Å². The molecule has 1 aliphatic rings. The van der Waals surface area contributed by atoms with E-state index in [0.29, 0.717) is 11.3 Å². The van der Waals surface area contributed by atoms with Crippen LogP contribution in [-0.2, 0) is 19.5 Å². The van der Waals surface area contributed by atoms with Crippen LogP contribution in [0.4, 0.5) is 4.39 Å². The number of aromatic amines is 1. The van der Waals surface area contributed by atoms with Crippen LogP contribution >= 0.6 is 0 Å². The molecule has 1 N–H and O–H groups in total. The van der Waals surface area contributed by atoms with E-state index in [-0.39, 0.29) is 5.82 Å². The van der Waals surface area contributed by atoms with Gasteiger partial charge in [0.05, 0.1) is 24.8 Å². The van der Waals surface area contributed by atoms with Gasteiger partial charge < -0.3 is 9.72 Å². The standard InChI is InChI=1S/C19H19FN4O/c1-25-19-3-2-15(20)7-16(19)14-6-13(8-21-9-14)10-24-5-4-17-18(11-24)23-12-22-17/h2-3,6-9,12H,4-5,10-11H2,1H3,(H,22,23). The third-order valence-electron chi connectivity index (χ3n) is 4.53. The molecule has 25 heavy (non-hydrogen) atoms. The van der Waals surface area contributed by atoms with Crippen LogP contribution in [0, 0.1) is 5.82 Å². The summed E-state index contributed by atoms with van der Waals surface area (Å²) in [5, 5.41) is 0. The zero-order valence-corrected chi connectivity index (χ0v) is 14.0. The lowest BCUT2D eigenvalue weighted by atomic mass is 10.0. The van der Waals surface area contributed by atoms with Gasteiger partial charge in [-0.25, -0.2) is 9.37 Å². The van der Waals surface area contributed by atoms with Crippen molar-refractivity contribution in [2.45, 2.75) is 19.5 Å². The molecular weight excluding hydrogens is 319 g/mol. The molecule has 3 heterocycles. The molecule has 5 nitrogen and oxygen atoms in total. The fourth-order valence-corrected chi connectivity index (χ4v) is 3.29. The number of methoxy groups -OCH3 is 1. The number of benzene rings is 1. The number of nitrogens with zero attached hydrogens (tertiary/aromatic N) is 3. The second kappa shape index (κ2) is 6.64. The minimum absolute atomic E-state index is 0.288. The molecule has 2 aromatic heterocycles. The summed E-state index contributed by atoms with van der Waals surface area (Å²) in [6, 6.07) is 6.57. The van der Waals surface area contributed by atoms with Crippen molar-refractivity contribution in [3.63, 3.8) is 0 Å².